The van der Waals surface area contributed by atoms with Crippen LogP contribution in [0.5, 0.6) is 0 Å². The Balaban J connectivity index is 1.52. The first-order valence-electron chi connectivity index (χ1n) is 10.6. The van der Waals surface area contributed by atoms with E-state index in [9.17, 15) is 19.2 Å². The van der Waals surface area contributed by atoms with Gasteiger partial charge in [-0.05, 0) is 32.8 Å². The number of likely N-dealkylation sites (tertiary alicyclic amines) is 1. The van der Waals surface area contributed by atoms with Crippen molar-refractivity contribution in [3.8, 4) is 0 Å². The first-order chi connectivity index (χ1) is 14.9. The third-order valence-corrected chi connectivity index (χ3v) is 6.12. The summed E-state index contributed by atoms with van der Waals surface area (Å²) in [6.07, 6.45) is 3.18. The number of nitrogens with zero attached hydrogens (tertiary/aromatic N) is 1. The van der Waals surface area contributed by atoms with Crippen LogP contribution in [0, 0.1) is 11.8 Å². The van der Waals surface area contributed by atoms with Crippen molar-refractivity contribution < 1.29 is 33.1 Å². The Bertz CT molecular complexity index is 1020. The Labute approximate surface area is 179 Å². The molecule has 1 aromatic heterocycles. The molecular formula is C23H25NO7. The van der Waals surface area contributed by atoms with Gasteiger partial charge in [-0.3, -0.25) is 14.5 Å². The maximum Gasteiger partial charge on any atom is 0.374 e. The van der Waals surface area contributed by atoms with E-state index in [-0.39, 0.29) is 42.6 Å². The van der Waals surface area contributed by atoms with Crippen LogP contribution in [0.4, 0.5) is 0 Å². The van der Waals surface area contributed by atoms with E-state index >= 15 is 0 Å². The van der Waals surface area contributed by atoms with E-state index in [0.29, 0.717) is 29.4 Å². The van der Waals surface area contributed by atoms with Crippen molar-refractivity contribution in [1.82, 2.24) is 4.90 Å². The van der Waals surface area contributed by atoms with Gasteiger partial charge in [0, 0.05) is 5.39 Å². The lowest BCUT2D eigenvalue weighted by atomic mass is 9.81. The first-order valence-corrected chi connectivity index (χ1v) is 10.6. The second-order valence-electron chi connectivity index (χ2n) is 7.95. The topological polar surface area (TPSA) is 103 Å². The molecule has 2 heterocycles. The molecule has 8 nitrogen and oxygen atoms in total. The van der Waals surface area contributed by atoms with Crippen LogP contribution >= 0.6 is 0 Å². The number of ether oxygens (including phenoxy) is 2. The average Bonchev–Trinajstić information content (AvgIpc) is 3.27. The fourth-order valence-corrected chi connectivity index (χ4v) is 4.54. The number of carbonyl (C=O) groups excluding carboxylic acids is 4. The van der Waals surface area contributed by atoms with Gasteiger partial charge in [-0.15, -0.1) is 0 Å². The van der Waals surface area contributed by atoms with Gasteiger partial charge in [0.2, 0.25) is 17.6 Å². The fourth-order valence-electron chi connectivity index (χ4n) is 4.54. The zero-order valence-electron chi connectivity index (χ0n) is 17.6. The molecule has 1 aliphatic heterocycles. The molecule has 1 saturated heterocycles. The Kier molecular flexibility index (Phi) is 5.80. The van der Waals surface area contributed by atoms with Crippen LogP contribution in [0.2, 0.25) is 0 Å². The monoisotopic (exact) mass is 427 g/mol. The predicted octanol–water partition coefficient (Wildman–Crippen LogP) is 3.22. The Hall–Kier alpha value is -3.16. The minimum absolute atomic E-state index is 0.0251. The highest BCUT2D eigenvalue weighted by Crippen LogP contribution is 2.39. The third-order valence-electron chi connectivity index (χ3n) is 6.12. The number of carbonyl (C=O) groups is 4. The molecule has 0 bridgehead atoms. The minimum Gasteiger partial charge on any atom is -0.460 e. The maximum absolute atomic E-state index is 12.7. The quantitative estimate of drug-likeness (QED) is 0.515. The number of hydrogen-bond donors (Lipinski definition) is 0. The number of imide groups is 1. The van der Waals surface area contributed by atoms with Crippen LogP contribution in [0.15, 0.2) is 28.7 Å². The molecule has 2 amide bonds. The van der Waals surface area contributed by atoms with Crippen molar-refractivity contribution in [2.45, 2.75) is 52.2 Å². The summed E-state index contributed by atoms with van der Waals surface area (Å²) < 4.78 is 16.1. The molecule has 1 aromatic carbocycles. The SMILES string of the molecule is CCOC(=O)c1oc2ccccc2c1COC(=O)[C@H](C)N1C(=O)[C@@H]2CCCC[C@H]2C1=O. The van der Waals surface area contributed by atoms with E-state index < -0.39 is 18.0 Å². The van der Waals surface area contributed by atoms with Crippen molar-refractivity contribution in [3.63, 3.8) is 0 Å². The summed E-state index contributed by atoms with van der Waals surface area (Å²) in [5.74, 6) is -2.62. The Morgan fingerprint density at radius 3 is 2.39 bits per heavy atom. The molecule has 0 unspecified atom stereocenters. The summed E-state index contributed by atoms with van der Waals surface area (Å²) in [5.41, 5.74) is 0.862. The molecule has 2 aliphatic rings. The molecule has 0 radical (unpaired) electrons. The molecule has 4 rings (SSSR count). The summed E-state index contributed by atoms with van der Waals surface area (Å²) in [4.78, 5) is 51.6. The lowest BCUT2D eigenvalue weighted by Gasteiger charge is -2.21. The van der Waals surface area contributed by atoms with Crippen LogP contribution in [0.1, 0.15) is 55.6 Å². The van der Waals surface area contributed by atoms with Crippen molar-refractivity contribution in [3.05, 3.63) is 35.6 Å². The number of hydrogen-bond acceptors (Lipinski definition) is 7. The summed E-state index contributed by atoms with van der Waals surface area (Å²) in [6.45, 7) is 3.11. The third kappa shape index (κ3) is 3.71. The molecule has 1 aliphatic carbocycles. The fraction of sp³-hybridized carbons (Fsp3) is 0.478. The number of fused-ring (bicyclic) bond motifs is 2. The molecular weight excluding hydrogens is 402 g/mol. The van der Waals surface area contributed by atoms with Gasteiger partial charge in [-0.2, -0.15) is 0 Å². The van der Waals surface area contributed by atoms with E-state index in [1.54, 1.807) is 31.2 Å². The van der Waals surface area contributed by atoms with Gasteiger partial charge in [0.1, 0.15) is 18.2 Å². The van der Waals surface area contributed by atoms with Crippen molar-refractivity contribution in [2.24, 2.45) is 11.8 Å². The highest BCUT2D eigenvalue weighted by molar-refractivity contribution is 6.07. The number of para-hydroxylation sites is 1. The van der Waals surface area contributed by atoms with Gasteiger partial charge < -0.3 is 13.9 Å². The van der Waals surface area contributed by atoms with Gasteiger partial charge in [0.25, 0.3) is 0 Å². The number of benzene rings is 1. The number of esters is 2. The zero-order valence-corrected chi connectivity index (χ0v) is 17.6. The predicted molar refractivity (Wildman–Crippen MR) is 109 cm³/mol. The summed E-state index contributed by atoms with van der Waals surface area (Å²) in [7, 11) is 0. The Morgan fingerprint density at radius 2 is 1.74 bits per heavy atom. The molecule has 2 aromatic rings. The largest absolute Gasteiger partial charge is 0.460 e. The van der Waals surface area contributed by atoms with Gasteiger partial charge in [-0.25, -0.2) is 9.59 Å². The Morgan fingerprint density at radius 1 is 1.10 bits per heavy atom. The summed E-state index contributed by atoms with van der Waals surface area (Å²) >= 11 is 0. The minimum atomic E-state index is -1.03. The van der Waals surface area contributed by atoms with E-state index in [1.807, 2.05) is 0 Å². The lowest BCUT2D eigenvalue weighted by molar-refractivity contribution is -0.159. The lowest BCUT2D eigenvalue weighted by Crippen LogP contribution is -2.44. The maximum atomic E-state index is 12.7. The molecule has 3 atom stereocenters. The second-order valence-corrected chi connectivity index (χ2v) is 7.95. The molecule has 2 fully saturated rings. The van der Waals surface area contributed by atoms with Gasteiger partial charge in [0.05, 0.1) is 24.0 Å². The average molecular weight is 427 g/mol. The first kappa shape index (κ1) is 21.1. The molecule has 31 heavy (non-hydrogen) atoms. The van der Waals surface area contributed by atoms with Gasteiger partial charge >= 0.3 is 11.9 Å². The van der Waals surface area contributed by atoms with Crippen LogP contribution in [-0.4, -0.2) is 41.3 Å². The zero-order chi connectivity index (χ0) is 22.1. The van der Waals surface area contributed by atoms with E-state index in [2.05, 4.69) is 0 Å². The molecule has 164 valence electrons. The highest BCUT2D eigenvalue weighted by Gasteiger charge is 2.51. The van der Waals surface area contributed by atoms with Gasteiger partial charge in [0.15, 0.2) is 0 Å². The van der Waals surface area contributed by atoms with Crippen LogP contribution in [-0.2, 0) is 30.5 Å². The van der Waals surface area contributed by atoms with Crippen LogP contribution in [0.25, 0.3) is 11.0 Å². The highest BCUT2D eigenvalue weighted by atomic mass is 16.5. The molecule has 0 spiro atoms. The second kappa shape index (κ2) is 8.53. The van der Waals surface area contributed by atoms with Crippen molar-refractivity contribution in [1.29, 1.82) is 0 Å². The van der Waals surface area contributed by atoms with Gasteiger partial charge in [-0.1, -0.05) is 31.0 Å². The van der Waals surface area contributed by atoms with Crippen LogP contribution < -0.4 is 0 Å². The standard InChI is InChI=1S/C23H25NO7/c1-3-29-23(28)19-17(14-8-6-7-11-18(14)31-19)12-30-22(27)13(2)24-20(25)15-9-4-5-10-16(15)21(24)26/h6-8,11,13,15-16H,3-5,9-10,12H2,1-2H3/t13-,15+,16+/m0/s1. The van der Waals surface area contributed by atoms with Crippen molar-refractivity contribution >= 4 is 34.7 Å². The van der Waals surface area contributed by atoms with Crippen LogP contribution in [0.3, 0.4) is 0 Å². The molecule has 1 saturated carbocycles. The normalized spacial score (nSPS) is 21.8. The number of amides is 2. The molecule has 8 heteroatoms. The van der Waals surface area contributed by atoms with E-state index in [1.165, 1.54) is 6.92 Å². The summed E-state index contributed by atoms with van der Waals surface area (Å²) in [5, 5.41) is 0.630. The number of rotatable bonds is 6. The summed E-state index contributed by atoms with van der Waals surface area (Å²) in [6, 6.07) is 5.98. The number of furan rings is 1. The van der Waals surface area contributed by atoms with E-state index in [4.69, 9.17) is 13.9 Å². The molecule has 0 N–H and O–H groups in total. The van der Waals surface area contributed by atoms with E-state index in [0.717, 1.165) is 17.7 Å². The van der Waals surface area contributed by atoms with Crippen molar-refractivity contribution in [2.75, 3.05) is 6.61 Å². The smallest absolute Gasteiger partial charge is 0.374 e.